The van der Waals surface area contributed by atoms with E-state index < -0.39 is 34.6 Å². The van der Waals surface area contributed by atoms with Crippen molar-refractivity contribution in [1.29, 1.82) is 0 Å². The largest absolute Gasteiger partial charge is 0.485 e. The molecule has 0 bridgehead atoms. The number of carbonyl (C=O) groups excluding carboxylic acids is 1. The zero-order valence-electron chi connectivity index (χ0n) is 20.4. The lowest BCUT2D eigenvalue weighted by Gasteiger charge is -2.23. The molecule has 9 nitrogen and oxygen atoms in total. The molecular formula is C28H20ClFN2O7. The molecular weight excluding hydrogens is 531 g/mol. The van der Waals surface area contributed by atoms with E-state index in [0.29, 0.717) is 11.1 Å². The van der Waals surface area contributed by atoms with Gasteiger partial charge in [-0.05, 0) is 30.2 Å². The van der Waals surface area contributed by atoms with E-state index in [4.69, 9.17) is 25.8 Å². The number of ether oxygens (including phenoxy) is 3. The highest BCUT2D eigenvalue weighted by molar-refractivity contribution is 6.30. The summed E-state index contributed by atoms with van der Waals surface area (Å²) in [5.74, 6) is -3.62. The highest BCUT2D eigenvalue weighted by Crippen LogP contribution is 2.39. The zero-order chi connectivity index (χ0) is 27.7. The van der Waals surface area contributed by atoms with Crippen molar-refractivity contribution >= 4 is 40.8 Å². The van der Waals surface area contributed by atoms with Crippen LogP contribution in [0.5, 0.6) is 11.5 Å². The number of rotatable bonds is 8. The lowest BCUT2D eigenvalue weighted by Crippen LogP contribution is -2.30. The third-order valence-electron chi connectivity index (χ3n) is 5.95. The van der Waals surface area contributed by atoms with Crippen LogP contribution in [0.1, 0.15) is 34.0 Å². The molecule has 5 rings (SSSR count). The lowest BCUT2D eigenvalue weighted by molar-refractivity contribution is -0.134. The molecule has 1 N–H and O–H groups in total. The molecule has 0 amide bonds. The molecule has 2 aromatic heterocycles. The number of benzene rings is 2. The van der Waals surface area contributed by atoms with E-state index >= 15 is 0 Å². The predicted molar refractivity (Wildman–Crippen MR) is 139 cm³/mol. The minimum Gasteiger partial charge on any atom is -0.485 e. The third-order valence-corrected chi connectivity index (χ3v) is 6.24. The van der Waals surface area contributed by atoms with Crippen molar-refractivity contribution in [3.8, 4) is 11.5 Å². The van der Waals surface area contributed by atoms with E-state index in [2.05, 4.69) is 4.98 Å². The monoisotopic (exact) mass is 550 g/mol. The normalized spacial score (nSPS) is 12.0. The van der Waals surface area contributed by atoms with Crippen LogP contribution in [0, 0.1) is 5.82 Å². The van der Waals surface area contributed by atoms with Crippen molar-refractivity contribution in [3.63, 3.8) is 0 Å². The van der Waals surface area contributed by atoms with Gasteiger partial charge in [0.2, 0.25) is 5.76 Å². The van der Waals surface area contributed by atoms with Crippen molar-refractivity contribution in [2.45, 2.75) is 20.0 Å². The summed E-state index contributed by atoms with van der Waals surface area (Å²) in [6.07, 6.45) is 2.52. The third kappa shape index (κ3) is 4.94. The van der Waals surface area contributed by atoms with Crippen molar-refractivity contribution in [2.24, 2.45) is 0 Å². The standard InChI is InChI=1S/C28H20ClFN2O7/c1-2-37-28(36)21-25(38-14-15-6-4-3-5-7-15)22-23-24(39-20(27(34)35)13-32(23)26(21)33)17(12-31-22)10-16-8-9-19(30)18(29)11-16/h3-9,11-13H,2,10,14H2,1H3,(H,34,35). The molecule has 1 aliphatic rings. The summed E-state index contributed by atoms with van der Waals surface area (Å²) in [6.45, 7) is 1.59. The fourth-order valence-corrected chi connectivity index (χ4v) is 4.39. The number of aromatic nitrogens is 2. The summed E-state index contributed by atoms with van der Waals surface area (Å²) >= 11 is 5.94. The molecule has 11 heteroatoms. The van der Waals surface area contributed by atoms with Gasteiger partial charge in [0, 0.05) is 18.2 Å². The first-order valence-electron chi connectivity index (χ1n) is 11.8. The molecule has 198 valence electrons. The van der Waals surface area contributed by atoms with Crippen LogP contribution >= 0.6 is 11.6 Å². The summed E-state index contributed by atoms with van der Waals surface area (Å²) in [7, 11) is 0. The number of hydrogen-bond donors (Lipinski definition) is 1. The number of halogens is 2. The van der Waals surface area contributed by atoms with Crippen molar-refractivity contribution in [2.75, 3.05) is 6.61 Å². The second kappa shape index (κ2) is 10.6. The maximum atomic E-state index is 13.7. The Morgan fingerprint density at radius 3 is 2.62 bits per heavy atom. The Hall–Kier alpha value is -4.70. The summed E-state index contributed by atoms with van der Waals surface area (Å²) < 4.78 is 31.5. The number of esters is 1. The Labute approximate surface area is 225 Å². The predicted octanol–water partition coefficient (Wildman–Crippen LogP) is 4.81. The number of carboxylic acids is 1. The Balaban J connectivity index is 1.75. The van der Waals surface area contributed by atoms with E-state index in [1.807, 2.05) is 30.3 Å². The average molecular weight is 551 g/mol. The second-order valence-corrected chi connectivity index (χ2v) is 8.92. The number of pyridine rings is 2. The number of hydrogen-bond acceptors (Lipinski definition) is 7. The average Bonchev–Trinajstić information content (AvgIpc) is 2.93. The molecule has 0 unspecified atom stereocenters. The first-order chi connectivity index (χ1) is 18.8. The van der Waals surface area contributed by atoms with E-state index in [9.17, 15) is 23.9 Å². The van der Waals surface area contributed by atoms with Crippen molar-refractivity contribution < 1.29 is 33.3 Å². The molecule has 3 heterocycles. The summed E-state index contributed by atoms with van der Waals surface area (Å²) in [6, 6.07) is 13.2. The highest BCUT2D eigenvalue weighted by Gasteiger charge is 2.32. The van der Waals surface area contributed by atoms with Crippen LogP contribution in [0.25, 0.3) is 17.2 Å². The van der Waals surface area contributed by atoms with E-state index in [1.54, 1.807) is 6.92 Å². The van der Waals surface area contributed by atoms with Gasteiger partial charge in [-0.25, -0.2) is 14.0 Å². The van der Waals surface area contributed by atoms with Crippen LogP contribution in [0.15, 0.2) is 65.3 Å². The van der Waals surface area contributed by atoms with Crippen molar-refractivity contribution in [3.05, 3.63) is 104 Å². The quantitative estimate of drug-likeness (QED) is 0.311. The van der Waals surface area contributed by atoms with Gasteiger partial charge in [0.05, 0.1) is 17.8 Å². The maximum absolute atomic E-state index is 13.7. The first-order valence-corrected chi connectivity index (χ1v) is 12.2. The fraction of sp³-hybridized carbons (Fsp3) is 0.143. The van der Waals surface area contributed by atoms with Gasteiger partial charge in [0.15, 0.2) is 17.1 Å². The fourth-order valence-electron chi connectivity index (χ4n) is 4.19. The first kappa shape index (κ1) is 25.9. The van der Waals surface area contributed by atoms with Crippen LogP contribution < -0.4 is 15.0 Å². The zero-order valence-corrected chi connectivity index (χ0v) is 21.2. The van der Waals surface area contributed by atoms with Gasteiger partial charge in [0.1, 0.15) is 23.5 Å². The lowest BCUT2D eigenvalue weighted by atomic mass is 10.0. The van der Waals surface area contributed by atoms with Gasteiger partial charge in [-0.3, -0.25) is 14.3 Å². The van der Waals surface area contributed by atoms with Crippen LogP contribution in [0.3, 0.4) is 0 Å². The number of carboxylic acid groups (broad SMARTS) is 1. The Morgan fingerprint density at radius 1 is 1.15 bits per heavy atom. The molecule has 39 heavy (non-hydrogen) atoms. The van der Waals surface area contributed by atoms with Gasteiger partial charge in [-0.2, -0.15) is 0 Å². The molecule has 1 aliphatic heterocycles. The highest BCUT2D eigenvalue weighted by atomic mass is 35.5. The molecule has 4 aromatic rings. The Morgan fingerprint density at radius 2 is 1.92 bits per heavy atom. The van der Waals surface area contributed by atoms with E-state index in [0.717, 1.165) is 16.3 Å². The molecule has 0 radical (unpaired) electrons. The summed E-state index contributed by atoms with van der Waals surface area (Å²) in [5.41, 5.74) is 0.647. The summed E-state index contributed by atoms with van der Waals surface area (Å²) in [4.78, 5) is 43.0. The molecule has 0 spiro atoms. The summed E-state index contributed by atoms with van der Waals surface area (Å²) in [5, 5.41) is 9.60. The molecule has 0 fully saturated rings. The minimum absolute atomic E-state index is 0.00833. The van der Waals surface area contributed by atoms with Crippen LogP contribution in [0.2, 0.25) is 5.02 Å². The van der Waals surface area contributed by atoms with Gasteiger partial charge in [-0.15, -0.1) is 0 Å². The Bertz CT molecular complexity index is 1720. The number of aliphatic carboxylic acids is 1. The molecule has 0 aliphatic carbocycles. The maximum Gasteiger partial charge on any atom is 0.373 e. The minimum atomic E-state index is -1.43. The topological polar surface area (TPSA) is 117 Å². The number of nitrogens with zero attached hydrogens (tertiary/aromatic N) is 2. The van der Waals surface area contributed by atoms with Gasteiger partial charge in [-0.1, -0.05) is 48.0 Å². The van der Waals surface area contributed by atoms with E-state index in [1.165, 1.54) is 24.4 Å². The van der Waals surface area contributed by atoms with Gasteiger partial charge >= 0.3 is 11.9 Å². The molecule has 0 saturated carbocycles. The smallest absolute Gasteiger partial charge is 0.373 e. The van der Waals surface area contributed by atoms with Crippen LogP contribution in [-0.4, -0.2) is 33.2 Å². The second-order valence-electron chi connectivity index (χ2n) is 8.51. The van der Waals surface area contributed by atoms with Gasteiger partial charge < -0.3 is 19.3 Å². The van der Waals surface area contributed by atoms with Crippen LogP contribution in [-0.2, 0) is 22.6 Å². The van der Waals surface area contributed by atoms with Crippen LogP contribution in [0.4, 0.5) is 4.39 Å². The van der Waals surface area contributed by atoms with Crippen molar-refractivity contribution in [1.82, 2.24) is 9.55 Å². The SMILES string of the molecule is CCOC(=O)c1c(OCc2ccccc2)c2ncc(Cc3ccc(F)c(Cl)c3)c3c2n(c1=O)C=C(C(=O)O)O3. The number of carbonyl (C=O) groups is 2. The van der Waals surface area contributed by atoms with E-state index in [-0.39, 0.29) is 47.2 Å². The molecule has 0 atom stereocenters. The van der Waals surface area contributed by atoms with Gasteiger partial charge in [0.25, 0.3) is 5.56 Å². The Kier molecular flexibility index (Phi) is 7.03. The molecule has 0 saturated heterocycles. The molecule has 2 aromatic carbocycles.